The van der Waals surface area contributed by atoms with E-state index in [0.717, 1.165) is 41.0 Å². The van der Waals surface area contributed by atoms with Gasteiger partial charge < -0.3 is 10.2 Å². The van der Waals surface area contributed by atoms with Gasteiger partial charge in [-0.3, -0.25) is 14.2 Å². The molecule has 3 rings (SSSR count). The molecule has 31 heavy (non-hydrogen) atoms. The van der Waals surface area contributed by atoms with Crippen molar-refractivity contribution in [1.82, 2.24) is 4.57 Å². The molecule has 1 heterocycles. The lowest BCUT2D eigenvalue weighted by atomic mass is 10.1. The fourth-order valence-corrected chi connectivity index (χ4v) is 3.80. The van der Waals surface area contributed by atoms with Crippen LogP contribution < -0.4 is 0 Å². The maximum Gasteiger partial charge on any atom is 0.357 e. The molecule has 11 heteroatoms. The Hall–Kier alpha value is -3.08. The number of aromatic nitrogens is 1. The molecule has 0 unspecified atom stereocenters. The number of benzene rings is 2. The number of aliphatic carboxylic acids is 1. The summed E-state index contributed by atoms with van der Waals surface area (Å²) in [6.07, 6.45) is -4.36. The van der Waals surface area contributed by atoms with Crippen molar-refractivity contribution in [2.24, 2.45) is 0 Å². The second-order valence-corrected chi connectivity index (χ2v) is 7.80. The molecule has 0 atom stereocenters. The third kappa shape index (κ3) is 4.36. The van der Waals surface area contributed by atoms with E-state index < -0.39 is 41.5 Å². The Balaban J connectivity index is 2.05. The van der Waals surface area contributed by atoms with Gasteiger partial charge in [-0.1, -0.05) is 0 Å². The molecular formula is C20H14F5NO4S. The Morgan fingerprint density at radius 2 is 1.77 bits per heavy atom. The molecule has 5 nitrogen and oxygen atoms in total. The van der Waals surface area contributed by atoms with Crippen molar-refractivity contribution < 1.29 is 41.8 Å². The van der Waals surface area contributed by atoms with Crippen LogP contribution in [0.3, 0.4) is 0 Å². The van der Waals surface area contributed by atoms with Crippen LogP contribution in [0.15, 0.2) is 41.3 Å². The van der Waals surface area contributed by atoms with Crippen LogP contribution >= 0.6 is 11.8 Å². The Labute approximate surface area is 176 Å². The molecule has 0 aliphatic rings. The van der Waals surface area contributed by atoms with E-state index in [0.29, 0.717) is 0 Å². The predicted octanol–water partition coefficient (Wildman–Crippen LogP) is 5.06. The Morgan fingerprint density at radius 3 is 2.32 bits per heavy atom. The van der Waals surface area contributed by atoms with Crippen LogP contribution in [0.1, 0.15) is 21.6 Å². The number of carboxylic acid groups (broad SMARTS) is 1. The highest BCUT2D eigenvalue weighted by Gasteiger charge is 2.42. The lowest BCUT2D eigenvalue weighted by molar-refractivity contribution is -0.136. The van der Waals surface area contributed by atoms with E-state index in [9.17, 15) is 36.6 Å². The smallest absolute Gasteiger partial charge is 0.357 e. The van der Waals surface area contributed by atoms with Gasteiger partial charge in [-0.2, -0.15) is 8.78 Å². The third-order valence-corrected chi connectivity index (χ3v) is 5.50. The average Bonchev–Trinajstić information content (AvgIpc) is 2.92. The molecule has 3 aromatic rings. The Morgan fingerprint density at radius 1 is 1.16 bits per heavy atom. The Bertz CT molecular complexity index is 1170. The minimum atomic E-state index is -4.30. The largest absolute Gasteiger partial charge is 0.505 e. The van der Waals surface area contributed by atoms with Gasteiger partial charge in [0.1, 0.15) is 0 Å². The van der Waals surface area contributed by atoms with Gasteiger partial charge >= 0.3 is 17.6 Å². The lowest BCUT2D eigenvalue weighted by Gasteiger charge is -2.14. The van der Waals surface area contributed by atoms with Crippen molar-refractivity contribution in [2.75, 3.05) is 0 Å². The zero-order chi connectivity index (χ0) is 23.1. The second-order valence-electron chi connectivity index (χ2n) is 6.58. The summed E-state index contributed by atoms with van der Waals surface area (Å²) in [5.74, 6) is -3.67. The first kappa shape index (κ1) is 22.6. The van der Waals surface area contributed by atoms with Gasteiger partial charge in [0.05, 0.1) is 11.9 Å². The molecule has 0 fully saturated rings. The molecule has 0 aliphatic carbocycles. The molecule has 0 bridgehead atoms. The first-order chi connectivity index (χ1) is 14.4. The van der Waals surface area contributed by atoms with Crippen LogP contribution in [0.4, 0.5) is 22.0 Å². The number of phenolic OH excluding ortho intramolecular Hbond substituents is 1. The SMILES string of the molecule is Cc1c(CC(=O)O)c2cc(O)c(F)cc2n1C(=O)c1ccc(SC(F)(F)C(F)F)cc1. The van der Waals surface area contributed by atoms with Gasteiger partial charge in [0.25, 0.3) is 5.91 Å². The topological polar surface area (TPSA) is 79.5 Å². The molecule has 0 aliphatic heterocycles. The van der Waals surface area contributed by atoms with Crippen molar-refractivity contribution in [3.63, 3.8) is 0 Å². The molecular weight excluding hydrogens is 445 g/mol. The molecule has 0 amide bonds. The summed E-state index contributed by atoms with van der Waals surface area (Å²) in [4.78, 5) is 24.1. The standard InChI is InChI=1S/C20H14F5NO4S/c1-9-12(7-17(28)29)13-6-16(27)14(21)8-15(13)26(9)18(30)10-2-4-11(5-3-10)31-20(24,25)19(22)23/h2-6,8,19,27H,7H2,1H3,(H,28,29). The summed E-state index contributed by atoms with van der Waals surface area (Å²) >= 11 is -0.354. The number of fused-ring (bicyclic) bond motifs is 1. The number of nitrogens with zero attached hydrogens (tertiary/aromatic N) is 1. The number of alkyl halides is 4. The molecule has 1 aromatic heterocycles. The minimum absolute atomic E-state index is 0.0109. The molecule has 2 N–H and O–H groups in total. The second kappa shape index (κ2) is 8.22. The summed E-state index contributed by atoms with van der Waals surface area (Å²) < 4.78 is 66.1. The van der Waals surface area contributed by atoms with E-state index in [-0.39, 0.29) is 44.4 Å². The van der Waals surface area contributed by atoms with Crippen molar-refractivity contribution in [1.29, 1.82) is 0 Å². The van der Waals surface area contributed by atoms with E-state index in [1.807, 2.05) is 0 Å². The van der Waals surface area contributed by atoms with Crippen LogP contribution in [0, 0.1) is 12.7 Å². The van der Waals surface area contributed by atoms with E-state index in [1.54, 1.807) is 0 Å². The summed E-state index contributed by atoms with van der Waals surface area (Å²) in [5, 5.41) is 14.7. The molecule has 0 saturated heterocycles. The summed E-state index contributed by atoms with van der Waals surface area (Å²) in [6, 6.07) is 6.33. The number of hydrogen-bond donors (Lipinski definition) is 2. The maximum absolute atomic E-state index is 13.9. The number of aromatic hydroxyl groups is 1. The molecule has 0 saturated carbocycles. The number of thioether (sulfide) groups is 1. The number of hydrogen-bond acceptors (Lipinski definition) is 4. The number of rotatable bonds is 6. The van der Waals surface area contributed by atoms with Gasteiger partial charge in [-0.05, 0) is 54.6 Å². The third-order valence-electron chi connectivity index (χ3n) is 4.54. The van der Waals surface area contributed by atoms with E-state index in [1.165, 1.54) is 6.92 Å². The van der Waals surface area contributed by atoms with Gasteiger partial charge in [0.15, 0.2) is 11.6 Å². The number of phenols is 1. The van der Waals surface area contributed by atoms with Crippen molar-refractivity contribution in [3.8, 4) is 5.75 Å². The van der Waals surface area contributed by atoms with Crippen LogP contribution in [0.25, 0.3) is 10.9 Å². The van der Waals surface area contributed by atoms with Crippen LogP contribution in [0.2, 0.25) is 0 Å². The van der Waals surface area contributed by atoms with Gasteiger partial charge in [-0.25, -0.2) is 13.2 Å². The highest BCUT2D eigenvalue weighted by Crippen LogP contribution is 2.40. The number of halogens is 5. The summed E-state index contributed by atoms with van der Waals surface area (Å²) in [5.41, 5.74) is 0.363. The molecule has 164 valence electrons. The fraction of sp³-hybridized carbons (Fsp3) is 0.200. The number of carboxylic acids is 1. The van der Waals surface area contributed by atoms with Crippen LogP contribution in [-0.4, -0.2) is 38.3 Å². The zero-order valence-corrected chi connectivity index (χ0v) is 16.5. The predicted molar refractivity (Wildman–Crippen MR) is 103 cm³/mol. The lowest BCUT2D eigenvalue weighted by Crippen LogP contribution is -2.21. The molecule has 0 radical (unpaired) electrons. The normalized spacial score (nSPS) is 12.0. The summed E-state index contributed by atoms with van der Waals surface area (Å²) in [6.45, 7) is 1.44. The summed E-state index contributed by atoms with van der Waals surface area (Å²) in [7, 11) is 0. The first-order valence-electron chi connectivity index (χ1n) is 8.66. The number of carbonyl (C=O) groups excluding carboxylic acids is 1. The maximum atomic E-state index is 13.9. The van der Waals surface area contributed by atoms with Crippen LogP contribution in [0.5, 0.6) is 5.75 Å². The first-order valence-corrected chi connectivity index (χ1v) is 9.48. The van der Waals surface area contributed by atoms with E-state index in [4.69, 9.17) is 5.11 Å². The quantitative estimate of drug-likeness (QED) is 0.398. The number of carbonyl (C=O) groups is 2. The van der Waals surface area contributed by atoms with Gasteiger partial charge in [0.2, 0.25) is 0 Å². The van der Waals surface area contributed by atoms with Gasteiger partial charge in [0, 0.05) is 27.6 Å². The zero-order valence-electron chi connectivity index (χ0n) is 15.7. The minimum Gasteiger partial charge on any atom is -0.505 e. The average molecular weight is 459 g/mol. The molecule has 0 spiro atoms. The van der Waals surface area contributed by atoms with Crippen molar-refractivity contribution in [2.45, 2.75) is 29.9 Å². The molecule has 2 aromatic carbocycles. The fourth-order valence-electron chi connectivity index (χ4n) is 3.12. The van der Waals surface area contributed by atoms with Gasteiger partial charge in [-0.15, -0.1) is 0 Å². The van der Waals surface area contributed by atoms with E-state index in [2.05, 4.69) is 0 Å². The monoisotopic (exact) mass is 459 g/mol. The highest BCUT2D eigenvalue weighted by atomic mass is 32.2. The van der Waals surface area contributed by atoms with Crippen molar-refractivity contribution in [3.05, 3.63) is 59.0 Å². The highest BCUT2D eigenvalue weighted by molar-refractivity contribution is 8.00. The Kier molecular flexibility index (Phi) is 5.99. The van der Waals surface area contributed by atoms with E-state index >= 15 is 0 Å². The van der Waals surface area contributed by atoms with Crippen LogP contribution in [-0.2, 0) is 11.2 Å². The van der Waals surface area contributed by atoms with Crippen molar-refractivity contribution >= 4 is 34.5 Å².